The van der Waals surface area contributed by atoms with Gasteiger partial charge in [0.1, 0.15) is 5.76 Å². The quantitative estimate of drug-likeness (QED) is 0.439. The molecule has 114 valence electrons. The molecule has 1 heterocycles. The first-order valence-corrected chi connectivity index (χ1v) is 6.38. The third kappa shape index (κ3) is 6.42. The maximum Gasteiger partial charge on any atom is 0.330 e. The van der Waals surface area contributed by atoms with Gasteiger partial charge in [0, 0.05) is 19.5 Å². The molecule has 0 aliphatic heterocycles. The van der Waals surface area contributed by atoms with E-state index in [1.165, 1.54) is 26.2 Å². The molecule has 7 heteroatoms. The number of furan rings is 1. The van der Waals surface area contributed by atoms with E-state index in [1.807, 2.05) is 0 Å². The van der Waals surface area contributed by atoms with Gasteiger partial charge in [-0.25, -0.2) is 4.79 Å². The van der Waals surface area contributed by atoms with Crippen LogP contribution in [0.15, 0.2) is 28.7 Å². The third-order valence-corrected chi connectivity index (χ3v) is 2.45. The van der Waals surface area contributed by atoms with E-state index < -0.39 is 5.97 Å². The van der Waals surface area contributed by atoms with E-state index in [1.54, 1.807) is 12.1 Å². The molecule has 0 spiro atoms. The summed E-state index contributed by atoms with van der Waals surface area (Å²) in [5, 5.41) is 5.22. The van der Waals surface area contributed by atoms with E-state index in [-0.39, 0.29) is 24.1 Å². The van der Waals surface area contributed by atoms with Gasteiger partial charge in [-0.05, 0) is 18.6 Å². The molecule has 0 atom stereocenters. The van der Waals surface area contributed by atoms with Crippen LogP contribution in [0.3, 0.4) is 0 Å². The van der Waals surface area contributed by atoms with Gasteiger partial charge in [0.15, 0.2) is 5.76 Å². The van der Waals surface area contributed by atoms with E-state index in [2.05, 4.69) is 15.4 Å². The number of esters is 1. The van der Waals surface area contributed by atoms with Crippen LogP contribution in [0.25, 0.3) is 0 Å². The van der Waals surface area contributed by atoms with Crippen LogP contribution in [0.5, 0.6) is 0 Å². The molecule has 0 aromatic carbocycles. The average Bonchev–Trinajstić information content (AvgIpc) is 2.93. The highest BCUT2D eigenvalue weighted by atomic mass is 16.5. The number of rotatable bonds is 7. The first-order chi connectivity index (χ1) is 10.0. The second-order valence-corrected chi connectivity index (χ2v) is 4.15. The molecule has 2 amide bonds. The number of hydrogen-bond donors (Lipinski definition) is 2. The monoisotopic (exact) mass is 294 g/mol. The lowest BCUT2D eigenvalue weighted by Crippen LogP contribution is -2.23. The van der Waals surface area contributed by atoms with Gasteiger partial charge in [-0.15, -0.1) is 0 Å². The second kappa shape index (κ2) is 8.57. The summed E-state index contributed by atoms with van der Waals surface area (Å²) in [6.07, 6.45) is 3.40. The fourth-order valence-electron chi connectivity index (χ4n) is 1.41. The van der Waals surface area contributed by atoms with Crippen LogP contribution in [0.2, 0.25) is 0 Å². The van der Waals surface area contributed by atoms with Crippen molar-refractivity contribution in [3.05, 3.63) is 35.8 Å². The molecule has 0 bridgehead atoms. The molecule has 0 aliphatic carbocycles. The van der Waals surface area contributed by atoms with Crippen LogP contribution < -0.4 is 10.6 Å². The SMILES string of the molecule is COC(=O)/C=C/CCNC(=O)c1ccc(CNC(C)=O)o1. The smallest absolute Gasteiger partial charge is 0.330 e. The van der Waals surface area contributed by atoms with Crippen LogP contribution in [0.1, 0.15) is 29.7 Å². The molecule has 7 nitrogen and oxygen atoms in total. The molecule has 1 rings (SSSR count). The standard InChI is InChI=1S/C14H18N2O5/c1-10(17)16-9-11-6-7-12(21-11)14(19)15-8-4-3-5-13(18)20-2/h3,5-7H,4,8-9H2,1-2H3,(H,15,19)(H,16,17)/b5-3+. The summed E-state index contributed by atoms with van der Waals surface area (Å²) in [6.45, 7) is 2.01. The number of hydrogen-bond acceptors (Lipinski definition) is 5. The normalized spacial score (nSPS) is 10.4. The zero-order chi connectivity index (χ0) is 15.7. The average molecular weight is 294 g/mol. The largest absolute Gasteiger partial charge is 0.466 e. The van der Waals surface area contributed by atoms with Crippen LogP contribution in [0, 0.1) is 0 Å². The van der Waals surface area contributed by atoms with Crippen molar-refractivity contribution in [3.8, 4) is 0 Å². The van der Waals surface area contributed by atoms with Crippen molar-refractivity contribution in [3.63, 3.8) is 0 Å². The molecule has 1 aromatic rings. The molecule has 2 N–H and O–H groups in total. The number of methoxy groups -OCH3 is 1. The van der Waals surface area contributed by atoms with Crippen molar-refractivity contribution in [2.45, 2.75) is 19.9 Å². The summed E-state index contributed by atoms with van der Waals surface area (Å²) in [7, 11) is 1.30. The number of amides is 2. The Morgan fingerprint density at radius 1 is 1.29 bits per heavy atom. The topological polar surface area (TPSA) is 97.6 Å². The van der Waals surface area contributed by atoms with E-state index in [9.17, 15) is 14.4 Å². The first-order valence-electron chi connectivity index (χ1n) is 6.38. The zero-order valence-corrected chi connectivity index (χ0v) is 12.0. The molecule has 21 heavy (non-hydrogen) atoms. The van der Waals surface area contributed by atoms with Gasteiger partial charge < -0.3 is 19.8 Å². The van der Waals surface area contributed by atoms with Gasteiger partial charge in [0.05, 0.1) is 13.7 Å². The lowest BCUT2D eigenvalue weighted by molar-refractivity contribution is -0.134. The maximum absolute atomic E-state index is 11.7. The van der Waals surface area contributed by atoms with E-state index in [4.69, 9.17) is 4.42 Å². The minimum Gasteiger partial charge on any atom is -0.466 e. The highest BCUT2D eigenvalue weighted by Gasteiger charge is 2.10. The van der Waals surface area contributed by atoms with Crippen LogP contribution in [-0.2, 0) is 20.9 Å². The molecule has 0 radical (unpaired) electrons. The van der Waals surface area contributed by atoms with Crippen molar-refractivity contribution in [1.29, 1.82) is 0 Å². The lowest BCUT2D eigenvalue weighted by atomic mass is 10.3. The fourth-order valence-corrected chi connectivity index (χ4v) is 1.41. The molecule has 0 aliphatic rings. The summed E-state index contributed by atoms with van der Waals surface area (Å²) in [4.78, 5) is 33.3. The summed E-state index contributed by atoms with van der Waals surface area (Å²) < 4.78 is 9.72. The minimum absolute atomic E-state index is 0.171. The van der Waals surface area contributed by atoms with E-state index >= 15 is 0 Å². The van der Waals surface area contributed by atoms with Gasteiger partial charge in [-0.1, -0.05) is 6.08 Å². The molecular formula is C14H18N2O5. The number of ether oxygens (including phenoxy) is 1. The van der Waals surface area contributed by atoms with Gasteiger partial charge in [0.2, 0.25) is 5.91 Å². The highest BCUT2D eigenvalue weighted by molar-refractivity contribution is 5.91. The summed E-state index contributed by atoms with van der Waals surface area (Å²) in [5.74, 6) is -0.284. The molecule has 1 aromatic heterocycles. The first kappa shape index (κ1) is 16.5. The predicted octanol–water partition coefficient (Wildman–Crippen LogP) is 0.765. The van der Waals surface area contributed by atoms with Crippen molar-refractivity contribution < 1.29 is 23.5 Å². The lowest BCUT2D eigenvalue weighted by Gasteiger charge is -2.01. The highest BCUT2D eigenvalue weighted by Crippen LogP contribution is 2.07. The Balaban J connectivity index is 2.33. The Hall–Kier alpha value is -2.57. The Bertz CT molecular complexity index is 533. The fraction of sp³-hybridized carbons (Fsp3) is 0.357. The molecule has 0 fully saturated rings. The summed E-state index contributed by atoms with van der Waals surface area (Å²) in [6, 6.07) is 3.17. The van der Waals surface area contributed by atoms with Crippen LogP contribution in [0.4, 0.5) is 0 Å². The number of carbonyl (C=O) groups excluding carboxylic acids is 3. The predicted molar refractivity (Wildman–Crippen MR) is 74.3 cm³/mol. The minimum atomic E-state index is -0.435. The Kier molecular flexibility index (Phi) is 6.73. The van der Waals surface area contributed by atoms with E-state index in [0.717, 1.165) is 0 Å². The Labute approximate surface area is 122 Å². The summed E-state index contributed by atoms with van der Waals surface area (Å²) >= 11 is 0. The van der Waals surface area contributed by atoms with Crippen LogP contribution in [-0.4, -0.2) is 31.4 Å². The van der Waals surface area contributed by atoms with E-state index in [0.29, 0.717) is 18.7 Å². The molecule has 0 unspecified atom stereocenters. The third-order valence-electron chi connectivity index (χ3n) is 2.45. The van der Waals surface area contributed by atoms with Crippen molar-refractivity contribution in [2.75, 3.05) is 13.7 Å². The van der Waals surface area contributed by atoms with Crippen LogP contribution >= 0.6 is 0 Å². The Morgan fingerprint density at radius 2 is 2.05 bits per heavy atom. The van der Waals surface area contributed by atoms with Gasteiger partial charge in [0.25, 0.3) is 5.91 Å². The molecular weight excluding hydrogens is 276 g/mol. The van der Waals surface area contributed by atoms with Crippen molar-refractivity contribution in [1.82, 2.24) is 10.6 Å². The molecule has 0 saturated heterocycles. The maximum atomic E-state index is 11.7. The Morgan fingerprint density at radius 3 is 2.71 bits per heavy atom. The molecule has 0 saturated carbocycles. The van der Waals surface area contributed by atoms with Gasteiger partial charge in [-0.3, -0.25) is 9.59 Å². The van der Waals surface area contributed by atoms with Crippen molar-refractivity contribution >= 4 is 17.8 Å². The van der Waals surface area contributed by atoms with Gasteiger partial charge in [-0.2, -0.15) is 0 Å². The zero-order valence-electron chi connectivity index (χ0n) is 12.0. The number of carbonyl (C=O) groups is 3. The second-order valence-electron chi connectivity index (χ2n) is 4.15. The van der Waals surface area contributed by atoms with Crippen molar-refractivity contribution in [2.24, 2.45) is 0 Å². The van der Waals surface area contributed by atoms with Gasteiger partial charge >= 0.3 is 5.97 Å². The summed E-state index contributed by atoms with van der Waals surface area (Å²) in [5.41, 5.74) is 0. The number of nitrogens with one attached hydrogen (secondary N) is 2.